The summed E-state index contributed by atoms with van der Waals surface area (Å²) in [5.41, 5.74) is -0.537. The number of ether oxygens (including phenoxy) is 3. The monoisotopic (exact) mass is 563 g/mol. The second-order valence-electron chi connectivity index (χ2n) is 10.2. The van der Waals surface area contributed by atoms with Gasteiger partial charge in [0.15, 0.2) is 0 Å². The van der Waals surface area contributed by atoms with E-state index < -0.39 is 47.8 Å². The minimum atomic E-state index is -4.90. The summed E-state index contributed by atoms with van der Waals surface area (Å²) in [6.45, 7) is 7.81. The molecule has 13 heteroatoms. The molecule has 0 spiro atoms. The molecule has 1 aromatic carbocycles. The number of esters is 1. The zero-order valence-electron chi connectivity index (χ0n) is 21.8. The summed E-state index contributed by atoms with van der Waals surface area (Å²) in [7, 11) is 0. The molecule has 2 aliphatic rings. The molecule has 0 radical (unpaired) electrons. The van der Waals surface area contributed by atoms with Crippen molar-refractivity contribution < 1.29 is 41.8 Å². The van der Waals surface area contributed by atoms with Gasteiger partial charge in [-0.25, -0.2) is 4.79 Å². The lowest BCUT2D eigenvalue weighted by Gasteiger charge is -2.45. The van der Waals surface area contributed by atoms with E-state index in [1.54, 1.807) is 32.6 Å². The van der Waals surface area contributed by atoms with Crippen molar-refractivity contribution in [2.24, 2.45) is 5.92 Å². The Morgan fingerprint density at radius 1 is 1.13 bits per heavy atom. The van der Waals surface area contributed by atoms with Crippen LogP contribution in [-0.2, 0) is 19.1 Å². The summed E-state index contributed by atoms with van der Waals surface area (Å²) < 4.78 is 52.8. The van der Waals surface area contributed by atoms with Crippen LogP contribution in [0.3, 0.4) is 0 Å². The number of anilines is 1. The highest BCUT2D eigenvalue weighted by Gasteiger charge is 2.44. The molecule has 2 amide bonds. The number of hydrogen-bond donors (Lipinski definition) is 1. The van der Waals surface area contributed by atoms with E-state index in [4.69, 9.17) is 21.1 Å². The Hall–Kier alpha value is -2.89. The number of halogens is 4. The third-order valence-corrected chi connectivity index (χ3v) is 6.36. The Labute approximate surface area is 224 Å². The lowest BCUT2D eigenvalue weighted by molar-refractivity contribution is -0.274. The highest BCUT2D eigenvalue weighted by Crippen LogP contribution is 2.32. The molecule has 0 aromatic heterocycles. The summed E-state index contributed by atoms with van der Waals surface area (Å²) >= 11 is 5.98. The van der Waals surface area contributed by atoms with Crippen LogP contribution in [0.25, 0.3) is 0 Å². The zero-order chi connectivity index (χ0) is 28.3. The van der Waals surface area contributed by atoms with Gasteiger partial charge >= 0.3 is 18.4 Å². The maximum atomic E-state index is 13.6. The molecule has 2 aliphatic heterocycles. The van der Waals surface area contributed by atoms with E-state index in [0.717, 1.165) is 12.1 Å². The fourth-order valence-electron chi connectivity index (χ4n) is 4.67. The van der Waals surface area contributed by atoms with Crippen LogP contribution >= 0.6 is 11.6 Å². The van der Waals surface area contributed by atoms with Gasteiger partial charge in [0.05, 0.1) is 18.6 Å². The molecule has 0 saturated carbocycles. The van der Waals surface area contributed by atoms with E-state index in [2.05, 4.69) is 10.1 Å². The second-order valence-corrected chi connectivity index (χ2v) is 10.7. The molecule has 2 heterocycles. The van der Waals surface area contributed by atoms with Gasteiger partial charge in [0.2, 0.25) is 5.91 Å². The van der Waals surface area contributed by atoms with Gasteiger partial charge in [-0.05, 0) is 59.1 Å². The van der Waals surface area contributed by atoms with Crippen molar-refractivity contribution in [1.82, 2.24) is 9.80 Å². The first kappa shape index (κ1) is 29.7. The number of amides is 2. The van der Waals surface area contributed by atoms with Crippen LogP contribution in [0.2, 0.25) is 5.02 Å². The standard InChI is InChI=1S/C25H33ClF3N3O6/c1-5-36-22(34)18-8-10-31(23(35)38-24(2,3)4)14-20(18)32-9-6-7-19(21(32)33)30-16-11-15(26)12-17(13-16)37-25(27,28)29/h11-13,18-20,30H,5-10,14H2,1-4H3/t18-,19?,20-/m0/s1. The molecular formula is C25H33ClF3N3O6. The third kappa shape index (κ3) is 8.05. The van der Waals surface area contributed by atoms with Crippen LogP contribution in [0.4, 0.5) is 23.7 Å². The number of carbonyl (C=O) groups excluding carboxylic acids is 3. The summed E-state index contributed by atoms with van der Waals surface area (Å²) in [5.74, 6) is -1.96. The molecular weight excluding hydrogens is 531 g/mol. The number of nitrogens with zero attached hydrogens (tertiary/aromatic N) is 2. The molecule has 3 atom stereocenters. The third-order valence-electron chi connectivity index (χ3n) is 6.14. The SMILES string of the molecule is CCOC(=O)[C@H]1CCN(C(=O)OC(C)(C)C)C[C@@H]1N1CCCC(Nc2cc(Cl)cc(OC(F)(F)F)c2)C1=O. The van der Waals surface area contributed by atoms with Crippen molar-refractivity contribution in [2.75, 3.05) is 31.6 Å². The van der Waals surface area contributed by atoms with Gasteiger partial charge in [-0.3, -0.25) is 9.59 Å². The molecule has 2 fully saturated rings. The van der Waals surface area contributed by atoms with Crippen LogP contribution in [0, 0.1) is 5.92 Å². The summed E-state index contributed by atoms with van der Waals surface area (Å²) in [6.07, 6.45) is -4.18. The molecule has 9 nitrogen and oxygen atoms in total. The van der Waals surface area contributed by atoms with Crippen LogP contribution < -0.4 is 10.1 Å². The van der Waals surface area contributed by atoms with Crippen molar-refractivity contribution >= 4 is 35.3 Å². The minimum Gasteiger partial charge on any atom is -0.466 e. The van der Waals surface area contributed by atoms with E-state index in [9.17, 15) is 27.6 Å². The maximum Gasteiger partial charge on any atom is 0.573 e. The number of likely N-dealkylation sites (tertiary alicyclic amines) is 2. The lowest BCUT2D eigenvalue weighted by Crippen LogP contribution is -2.61. The molecule has 0 bridgehead atoms. The Kier molecular flexibility index (Phi) is 9.27. The quantitative estimate of drug-likeness (QED) is 0.495. The van der Waals surface area contributed by atoms with E-state index in [1.807, 2.05) is 0 Å². The van der Waals surface area contributed by atoms with Gasteiger partial charge < -0.3 is 29.3 Å². The number of piperidine rings is 2. The van der Waals surface area contributed by atoms with Gasteiger partial charge in [-0.1, -0.05) is 11.6 Å². The molecule has 3 rings (SSSR count). The van der Waals surface area contributed by atoms with E-state index in [1.165, 1.54) is 11.0 Å². The lowest BCUT2D eigenvalue weighted by atomic mass is 9.88. The second kappa shape index (κ2) is 11.9. The number of rotatable bonds is 6. The van der Waals surface area contributed by atoms with E-state index in [-0.39, 0.29) is 42.7 Å². The Bertz CT molecular complexity index is 1030. The predicted octanol–water partition coefficient (Wildman–Crippen LogP) is 4.83. The maximum absolute atomic E-state index is 13.6. The normalized spacial score (nSPS) is 22.6. The zero-order valence-corrected chi connectivity index (χ0v) is 22.5. The molecule has 0 aliphatic carbocycles. The van der Waals surface area contributed by atoms with Crippen LogP contribution in [-0.4, -0.2) is 78.1 Å². The average Bonchev–Trinajstić information content (AvgIpc) is 2.77. The summed E-state index contributed by atoms with van der Waals surface area (Å²) in [5, 5.41) is 2.95. The Morgan fingerprint density at radius 3 is 2.47 bits per heavy atom. The molecule has 212 valence electrons. The van der Waals surface area contributed by atoms with E-state index >= 15 is 0 Å². The first-order valence-electron chi connectivity index (χ1n) is 12.4. The number of hydrogen-bond acceptors (Lipinski definition) is 7. The topological polar surface area (TPSA) is 97.4 Å². The number of benzene rings is 1. The fourth-order valence-corrected chi connectivity index (χ4v) is 4.89. The first-order valence-corrected chi connectivity index (χ1v) is 12.8. The fraction of sp³-hybridized carbons (Fsp3) is 0.640. The minimum absolute atomic E-state index is 0.00276. The van der Waals surface area contributed by atoms with Crippen LogP contribution in [0.1, 0.15) is 47.0 Å². The highest BCUT2D eigenvalue weighted by molar-refractivity contribution is 6.31. The largest absolute Gasteiger partial charge is 0.573 e. The highest BCUT2D eigenvalue weighted by atomic mass is 35.5. The van der Waals surface area contributed by atoms with Crippen molar-refractivity contribution in [1.29, 1.82) is 0 Å². The molecule has 1 N–H and O–H groups in total. The van der Waals surface area contributed by atoms with Crippen molar-refractivity contribution in [3.63, 3.8) is 0 Å². The van der Waals surface area contributed by atoms with Gasteiger partial charge in [0, 0.05) is 36.4 Å². The predicted molar refractivity (Wildman–Crippen MR) is 133 cm³/mol. The smallest absolute Gasteiger partial charge is 0.466 e. The first-order chi connectivity index (χ1) is 17.7. The molecule has 38 heavy (non-hydrogen) atoms. The molecule has 2 saturated heterocycles. The molecule has 1 aromatic rings. The van der Waals surface area contributed by atoms with E-state index in [0.29, 0.717) is 19.4 Å². The summed E-state index contributed by atoms with van der Waals surface area (Å²) in [4.78, 5) is 42.2. The van der Waals surface area contributed by atoms with Gasteiger partial charge in [0.25, 0.3) is 0 Å². The van der Waals surface area contributed by atoms with Crippen molar-refractivity contribution in [2.45, 2.75) is 71.0 Å². The Morgan fingerprint density at radius 2 is 1.84 bits per heavy atom. The molecule has 1 unspecified atom stereocenters. The number of alkyl halides is 3. The Balaban J connectivity index is 1.81. The van der Waals surface area contributed by atoms with Crippen LogP contribution in [0.15, 0.2) is 18.2 Å². The van der Waals surface area contributed by atoms with Gasteiger partial charge in [-0.15, -0.1) is 13.2 Å². The van der Waals surface area contributed by atoms with Crippen molar-refractivity contribution in [3.8, 4) is 5.75 Å². The van der Waals surface area contributed by atoms with Crippen molar-refractivity contribution in [3.05, 3.63) is 23.2 Å². The van der Waals surface area contributed by atoms with Gasteiger partial charge in [-0.2, -0.15) is 0 Å². The number of nitrogens with one attached hydrogen (secondary N) is 1. The van der Waals surface area contributed by atoms with Crippen LogP contribution in [0.5, 0.6) is 5.75 Å². The number of carbonyl (C=O) groups is 3. The average molecular weight is 564 g/mol. The summed E-state index contributed by atoms with van der Waals surface area (Å²) in [6, 6.07) is 2.07. The van der Waals surface area contributed by atoms with Gasteiger partial charge in [0.1, 0.15) is 17.4 Å².